The monoisotopic (exact) mass is 776 g/mol. The molecule has 0 spiro atoms. The molecule has 0 atom stereocenters. The van der Waals surface area contributed by atoms with E-state index in [1.807, 2.05) is 26.0 Å². The molecule has 0 bridgehead atoms. The molecular weight excluding hydrogens is 730 g/mol. The van der Waals surface area contributed by atoms with Gasteiger partial charge in [0, 0.05) is 55.3 Å². The Bertz CT molecular complexity index is 2290. The molecule has 0 saturated carbocycles. The molecule has 4 aromatic rings. The molecule has 0 fully saturated rings. The normalized spacial score (nSPS) is 12.7. The molecule has 9 nitrogen and oxygen atoms in total. The van der Waals surface area contributed by atoms with E-state index in [4.69, 9.17) is 0 Å². The fourth-order valence-corrected chi connectivity index (χ4v) is 7.78. The van der Waals surface area contributed by atoms with E-state index in [2.05, 4.69) is 102 Å². The fraction of sp³-hybridized carbons (Fsp3) is 0.262. The second-order valence-corrected chi connectivity index (χ2v) is 15.7. The molecule has 1 aliphatic carbocycles. The van der Waals surface area contributed by atoms with Gasteiger partial charge in [-0.1, -0.05) is 42.5 Å². The predicted molar refractivity (Wildman–Crippen MR) is 212 cm³/mol. The van der Waals surface area contributed by atoms with E-state index >= 15 is 0 Å². The van der Waals surface area contributed by atoms with Crippen molar-refractivity contribution in [2.75, 3.05) is 36.0 Å². The third-order valence-corrected chi connectivity index (χ3v) is 11.2. The Morgan fingerprint density at radius 3 is 1.83 bits per heavy atom. The molecule has 0 radical (unpaired) electrons. The molecule has 0 aromatic heterocycles. The van der Waals surface area contributed by atoms with E-state index in [9.17, 15) is 25.9 Å². The van der Waals surface area contributed by atoms with Gasteiger partial charge in [-0.3, -0.25) is 4.55 Å². The topological polar surface area (TPSA) is 121 Å². The van der Waals surface area contributed by atoms with Crippen molar-refractivity contribution in [3.05, 3.63) is 149 Å². The Morgan fingerprint density at radius 1 is 0.704 bits per heavy atom. The van der Waals surface area contributed by atoms with Crippen molar-refractivity contribution in [3.8, 4) is 0 Å². The molecule has 4 aromatic carbocycles. The Balaban J connectivity index is 0.00000650. The second-order valence-electron chi connectivity index (χ2n) is 12.9. The maximum Gasteiger partial charge on any atom is 1.00 e. The zero-order valence-electron chi connectivity index (χ0n) is 31.9. The molecule has 0 amide bonds. The number of hydrogen-bond acceptors (Lipinski definition) is 7. The van der Waals surface area contributed by atoms with Crippen molar-refractivity contribution < 1.29 is 60.1 Å². The van der Waals surface area contributed by atoms with Crippen molar-refractivity contribution in [2.24, 2.45) is 0 Å². The third-order valence-electron chi connectivity index (χ3n) is 9.54. The van der Waals surface area contributed by atoms with E-state index in [0.717, 1.165) is 63.5 Å². The molecule has 5 rings (SSSR count). The van der Waals surface area contributed by atoms with Gasteiger partial charge < -0.3 is 14.4 Å². The summed E-state index contributed by atoms with van der Waals surface area (Å²) in [7, 11) is -8.85. The second kappa shape index (κ2) is 18.7. The molecule has 54 heavy (non-hydrogen) atoms. The number of allylic oxidation sites excluding steroid dienone is 5. The van der Waals surface area contributed by atoms with E-state index in [1.54, 1.807) is 12.1 Å². The van der Waals surface area contributed by atoms with Crippen molar-refractivity contribution in [1.82, 2.24) is 0 Å². The quantitative estimate of drug-likeness (QED) is 0.112. The van der Waals surface area contributed by atoms with E-state index < -0.39 is 20.2 Å². The summed E-state index contributed by atoms with van der Waals surface area (Å²) < 4.78 is 70.1. The molecule has 1 aliphatic rings. The first kappa shape index (κ1) is 42.9. The minimum Gasteiger partial charge on any atom is -0.744 e. The summed E-state index contributed by atoms with van der Waals surface area (Å²) in [6, 6.07) is 27.5. The van der Waals surface area contributed by atoms with Gasteiger partial charge in [-0.05, 0) is 129 Å². The van der Waals surface area contributed by atoms with E-state index in [-0.39, 0.29) is 39.3 Å². The summed E-state index contributed by atoms with van der Waals surface area (Å²) in [6.45, 7) is 14.6. The third kappa shape index (κ3) is 10.5. The van der Waals surface area contributed by atoms with Gasteiger partial charge >= 0.3 is 29.6 Å². The molecule has 1 N–H and O–H groups in total. The minimum absolute atomic E-state index is 0. The van der Waals surface area contributed by atoms with E-state index in [1.165, 1.54) is 30.0 Å². The van der Waals surface area contributed by atoms with Gasteiger partial charge in [-0.15, -0.1) is 0 Å². The standard InChI is InChI=1S/C42H47N3O6S2.Na/c1-6-43(7-2)38-24-25-41(31(5)26-38)42(34-16-20-36(21-17-34)44(8-3)29-32-12-10-14-39(27-32)52(46,47)48)35-18-22-37(23-19-35)45(9-4)30-33-13-11-15-40(28-33)53(49,50)51;/h10-28H,6-9,29-30H2,1-5H3,(H-,46,47,48,49,50,51);/q;+1. The van der Waals surface area contributed by atoms with Crippen LogP contribution in [0.25, 0.3) is 5.57 Å². The summed E-state index contributed by atoms with van der Waals surface area (Å²) in [5.41, 5.74) is 10.0. The summed E-state index contributed by atoms with van der Waals surface area (Å²) in [5, 5.41) is 0. The van der Waals surface area contributed by atoms with Crippen LogP contribution in [0.2, 0.25) is 0 Å². The van der Waals surface area contributed by atoms with Gasteiger partial charge in [0.25, 0.3) is 10.1 Å². The van der Waals surface area contributed by atoms with Crippen LogP contribution in [0.4, 0.5) is 11.4 Å². The van der Waals surface area contributed by atoms with Crippen molar-refractivity contribution in [2.45, 2.75) is 57.5 Å². The van der Waals surface area contributed by atoms with Crippen LogP contribution in [0.15, 0.2) is 131 Å². The van der Waals surface area contributed by atoms with Gasteiger partial charge in [0.1, 0.15) is 16.7 Å². The van der Waals surface area contributed by atoms with Gasteiger partial charge in [0.05, 0.1) is 9.79 Å². The summed E-state index contributed by atoms with van der Waals surface area (Å²) >= 11 is 0. The number of nitrogens with zero attached hydrogens (tertiary/aromatic N) is 3. The molecule has 0 saturated heterocycles. The molecule has 278 valence electrons. The van der Waals surface area contributed by atoms with Gasteiger partial charge in [-0.25, -0.2) is 13.0 Å². The molecule has 0 heterocycles. The van der Waals surface area contributed by atoms with Crippen LogP contribution in [0.5, 0.6) is 0 Å². The first-order chi connectivity index (χ1) is 25.2. The largest absolute Gasteiger partial charge is 1.00 e. The maximum absolute atomic E-state index is 11.7. The average molecular weight is 777 g/mol. The van der Waals surface area contributed by atoms with Crippen LogP contribution in [0, 0.1) is 6.92 Å². The Hall–Kier alpha value is -3.81. The number of rotatable bonds is 14. The van der Waals surface area contributed by atoms with Crippen LogP contribution >= 0.6 is 0 Å². The smallest absolute Gasteiger partial charge is 0.744 e. The Morgan fingerprint density at radius 2 is 1.28 bits per heavy atom. The van der Waals surface area contributed by atoms with Crippen LogP contribution in [-0.4, -0.2) is 62.4 Å². The fourth-order valence-electron chi connectivity index (χ4n) is 6.69. The van der Waals surface area contributed by atoms with Crippen LogP contribution in [-0.2, 0) is 33.3 Å². The molecule has 0 aliphatic heterocycles. The molecule has 0 unspecified atom stereocenters. The van der Waals surface area contributed by atoms with Crippen LogP contribution < -0.4 is 39.4 Å². The number of hydrogen-bond donors (Lipinski definition) is 1. The van der Waals surface area contributed by atoms with Crippen molar-refractivity contribution >= 4 is 42.9 Å². The SMILES string of the molecule is CCN(CC)c1ccc(C(=C2C=CC(=[N+](CC)Cc3cccc(S(=O)(=O)O)c3)C=C2)c2ccc(N(CC)Cc3cccc(S(=O)(=O)[O-])c3)cc2)c(C)c1.[Na+]. The molecular formula is C42H47N3NaO6S2+. The zero-order valence-corrected chi connectivity index (χ0v) is 35.5. The van der Waals surface area contributed by atoms with Crippen molar-refractivity contribution in [1.29, 1.82) is 0 Å². The van der Waals surface area contributed by atoms with E-state index in [0.29, 0.717) is 26.2 Å². The number of benzene rings is 4. The van der Waals surface area contributed by atoms with Gasteiger partial charge in [0.15, 0.2) is 12.3 Å². The average Bonchev–Trinajstić information content (AvgIpc) is 3.14. The minimum atomic E-state index is -4.55. The predicted octanol–water partition coefficient (Wildman–Crippen LogP) is 4.62. The van der Waals surface area contributed by atoms with Crippen molar-refractivity contribution in [3.63, 3.8) is 0 Å². The summed E-state index contributed by atoms with van der Waals surface area (Å²) in [4.78, 5) is 4.10. The van der Waals surface area contributed by atoms with Crippen LogP contribution in [0.1, 0.15) is 55.5 Å². The van der Waals surface area contributed by atoms with Crippen LogP contribution in [0.3, 0.4) is 0 Å². The number of anilines is 2. The first-order valence-corrected chi connectivity index (χ1v) is 20.6. The maximum atomic E-state index is 11.7. The first-order valence-electron chi connectivity index (χ1n) is 17.8. The van der Waals surface area contributed by atoms with Gasteiger partial charge in [0.2, 0.25) is 0 Å². The zero-order chi connectivity index (χ0) is 38.3. The summed E-state index contributed by atoms with van der Waals surface area (Å²) in [5.74, 6) is 0. The molecule has 12 heteroatoms. The summed E-state index contributed by atoms with van der Waals surface area (Å²) in [6.07, 6.45) is 8.38. The number of aryl methyl sites for hydroxylation is 1. The van der Waals surface area contributed by atoms with Gasteiger partial charge in [-0.2, -0.15) is 8.42 Å². The Labute approximate surface area is 342 Å². The Kier molecular flexibility index (Phi) is 14.9.